The quantitative estimate of drug-likeness (QED) is 0.0830. The maximum Gasteiger partial charge on any atom is 0.187 e. The lowest BCUT2D eigenvalue weighted by Gasteiger charge is -2.62. The van der Waals surface area contributed by atoms with Crippen LogP contribution in [0.1, 0.15) is 85.5 Å². The van der Waals surface area contributed by atoms with Crippen molar-refractivity contribution in [1.29, 1.82) is 0 Å². The van der Waals surface area contributed by atoms with Crippen LogP contribution in [0, 0.1) is 52.3 Å². The minimum absolute atomic E-state index is 0.121. The van der Waals surface area contributed by atoms with E-state index in [0.717, 1.165) is 51.6 Å². The molecule has 75 heavy (non-hydrogen) atoms. The van der Waals surface area contributed by atoms with Gasteiger partial charge in [0.25, 0.3) is 0 Å². The van der Waals surface area contributed by atoms with Gasteiger partial charge in [-0.15, -0.1) is 0 Å². The van der Waals surface area contributed by atoms with E-state index in [-0.39, 0.29) is 22.9 Å². The van der Waals surface area contributed by atoms with Gasteiger partial charge in [0.2, 0.25) is 0 Å². The largest absolute Gasteiger partial charge is 0.394 e. The second-order valence-corrected chi connectivity index (χ2v) is 24.5. The van der Waals surface area contributed by atoms with Gasteiger partial charge in [0, 0.05) is 12.3 Å². The first-order valence-electron chi connectivity index (χ1n) is 27.4. The molecule has 24 nitrogen and oxygen atoms in total. The zero-order valence-electron chi connectivity index (χ0n) is 43.1. The molecule has 0 amide bonds. The summed E-state index contributed by atoms with van der Waals surface area (Å²) in [5, 5.41) is 152. The number of fused-ring (bicyclic) bond motifs is 7. The highest BCUT2D eigenvalue weighted by Gasteiger charge is 2.70. The summed E-state index contributed by atoms with van der Waals surface area (Å²) in [7, 11) is 0. The van der Waals surface area contributed by atoms with E-state index in [4.69, 9.17) is 47.4 Å². The van der Waals surface area contributed by atoms with Gasteiger partial charge < -0.3 is 119 Å². The Morgan fingerprint density at radius 1 is 0.493 bits per heavy atom. The number of aliphatic hydroxyl groups is 14. The summed E-state index contributed by atoms with van der Waals surface area (Å²) in [5.74, 6) is 2.26. The normalized spacial score (nSPS) is 58.0. The topological polar surface area (TPSA) is 376 Å². The average Bonchev–Trinajstić information content (AvgIpc) is 3.84. The van der Waals surface area contributed by atoms with Crippen molar-refractivity contribution >= 4 is 0 Å². The molecule has 1 spiro atoms. The van der Waals surface area contributed by atoms with Crippen molar-refractivity contribution in [2.24, 2.45) is 52.3 Å². The van der Waals surface area contributed by atoms with Crippen molar-refractivity contribution in [3.8, 4) is 0 Å². The third-order valence-electron chi connectivity index (χ3n) is 20.4. The molecular formula is C51H84O24. The second-order valence-electron chi connectivity index (χ2n) is 24.5. The predicted octanol–water partition coefficient (Wildman–Crippen LogP) is -3.94. The number of ether oxygens (including phenoxy) is 10. The Hall–Kier alpha value is -0.960. The Morgan fingerprint density at radius 3 is 1.64 bits per heavy atom. The number of hydrogen-bond acceptors (Lipinski definition) is 24. The van der Waals surface area contributed by atoms with Gasteiger partial charge in [-0.3, -0.25) is 0 Å². The van der Waals surface area contributed by atoms with E-state index in [2.05, 4.69) is 27.7 Å². The molecule has 0 aromatic carbocycles. The third-order valence-corrected chi connectivity index (χ3v) is 20.4. The van der Waals surface area contributed by atoms with Crippen molar-refractivity contribution in [3.05, 3.63) is 0 Å². The Bertz CT molecular complexity index is 1910. The molecule has 6 heterocycles. The van der Waals surface area contributed by atoms with Crippen molar-refractivity contribution in [3.63, 3.8) is 0 Å². The minimum atomic E-state index is -2.06. The SMILES string of the molecule is C[C@@H]1CC[C@@]2(OC1)O[C@H]1C[C@@H]3[C@@H]4CC[C@H]5C[C@@H](O[C@@H]6O[C@H](CO)[C@H](O[C@@H]7O[C@H](CO)[C@@H](O)[C@H](O[C@H]8O[C@H](CO)[C@@H](O)[C@H](O)[C@H]8O)[C@H]7O[C@@H]7O[C@H](CO)[C@@H](O)[C@H](O)[C@H]7O)[C@H](O)[C@H]6O)[C@H](O)C[C@]5(C)[C@H]4CC[C@]3(C)[C@H]1[C@@H]2C. The van der Waals surface area contributed by atoms with Crippen LogP contribution in [0.4, 0.5) is 0 Å². The van der Waals surface area contributed by atoms with E-state index in [1.54, 1.807) is 0 Å². The maximum absolute atomic E-state index is 12.0. The molecule has 6 aliphatic heterocycles. The van der Waals surface area contributed by atoms with E-state index in [0.29, 0.717) is 48.3 Å². The van der Waals surface area contributed by atoms with E-state index < -0.39 is 167 Å². The minimum Gasteiger partial charge on any atom is -0.394 e. The maximum atomic E-state index is 12.0. The molecule has 0 aromatic rings. The van der Waals surface area contributed by atoms with Gasteiger partial charge in [-0.05, 0) is 97.7 Å². The fourth-order valence-corrected chi connectivity index (χ4v) is 16.2. The van der Waals surface area contributed by atoms with E-state index in [9.17, 15) is 71.5 Å². The van der Waals surface area contributed by atoms with Gasteiger partial charge in [-0.2, -0.15) is 0 Å². The number of hydrogen-bond donors (Lipinski definition) is 14. The van der Waals surface area contributed by atoms with Crippen LogP contribution >= 0.6 is 0 Å². The molecule has 24 heteroatoms. The van der Waals surface area contributed by atoms with Gasteiger partial charge in [-0.1, -0.05) is 27.7 Å². The van der Waals surface area contributed by atoms with Crippen LogP contribution in [0.15, 0.2) is 0 Å². The monoisotopic (exact) mass is 1080 g/mol. The number of rotatable bonds is 12. The lowest BCUT2D eigenvalue weighted by Crippen LogP contribution is -2.69. The Balaban J connectivity index is 0.831. The molecule has 10 fully saturated rings. The summed E-state index contributed by atoms with van der Waals surface area (Å²) >= 11 is 0. The molecule has 33 atom stereocenters. The van der Waals surface area contributed by atoms with Crippen LogP contribution in [0.3, 0.4) is 0 Å². The lowest BCUT2D eigenvalue weighted by molar-refractivity contribution is -0.407. The Kier molecular flexibility index (Phi) is 16.9. The predicted molar refractivity (Wildman–Crippen MR) is 250 cm³/mol. The molecule has 4 aliphatic carbocycles. The smallest absolute Gasteiger partial charge is 0.187 e. The summed E-state index contributed by atoms with van der Waals surface area (Å²) in [4.78, 5) is 0. The van der Waals surface area contributed by atoms with Gasteiger partial charge >= 0.3 is 0 Å². The molecule has 0 unspecified atom stereocenters. The van der Waals surface area contributed by atoms with Crippen molar-refractivity contribution < 1.29 is 119 Å². The van der Waals surface area contributed by atoms with Crippen LogP contribution in [0.5, 0.6) is 0 Å². The molecule has 4 saturated carbocycles. The van der Waals surface area contributed by atoms with Crippen LogP contribution in [-0.4, -0.2) is 251 Å². The van der Waals surface area contributed by atoms with Crippen molar-refractivity contribution in [2.75, 3.05) is 33.0 Å². The number of aliphatic hydroxyl groups excluding tert-OH is 14. The zero-order valence-corrected chi connectivity index (χ0v) is 43.1. The molecule has 0 bridgehead atoms. The average molecular weight is 1080 g/mol. The summed E-state index contributed by atoms with van der Waals surface area (Å²) in [6.45, 7) is 6.57. The Labute approximate surface area is 435 Å². The van der Waals surface area contributed by atoms with E-state index >= 15 is 0 Å². The van der Waals surface area contributed by atoms with Gasteiger partial charge in [0.15, 0.2) is 30.9 Å². The van der Waals surface area contributed by atoms with Crippen LogP contribution < -0.4 is 0 Å². The molecule has 432 valence electrons. The van der Waals surface area contributed by atoms with Crippen LogP contribution in [-0.2, 0) is 47.4 Å². The van der Waals surface area contributed by atoms with Gasteiger partial charge in [-0.25, -0.2) is 0 Å². The summed E-state index contributed by atoms with van der Waals surface area (Å²) in [5.41, 5.74) is -0.0790. The first-order chi connectivity index (χ1) is 35.6. The summed E-state index contributed by atoms with van der Waals surface area (Å²) in [6, 6.07) is 0. The standard InChI is InChI=1S/C51H84O24/c1-19-7-10-51(66-18-19)20(2)32-27(75-51)12-24-22-6-5-21-11-26(25(56)13-50(21,4)23(22)8-9-49(24,32)3)67-45-41(65)38(62)42(31(17-55)71-45)72-48-44(74-47-40(64)37(61)34(58)29(15-53)69-47)43(35(59)30(16-54)70-48)73-46-39(63)36(60)33(57)28(14-52)68-46/h19-48,52-65H,5-18H2,1-4H3/t19-,20+,21+,22-,23+,24-,25-,26-,27+,28-,29-,30-,31-,32+,33-,34-,35-,36+,37+,38-,39-,40-,41-,42+,43+,44-,45-,46-,47+,48+,49+,50+,51-/m1/s1. The first kappa shape index (κ1) is 57.3. The van der Waals surface area contributed by atoms with Crippen molar-refractivity contribution in [1.82, 2.24) is 0 Å². The van der Waals surface area contributed by atoms with Crippen LogP contribution in [0.2, 0.25) is 0 Å². The molecule has 6 saturated heterocycles. The molecule has 0 aromatic heterocycles. The summed E-state index contributed by atoms with van der Waals surface area (Å²) < 4.78 is 61.2. The van der Waals surface area contributed by atoms with E-state index in [1.165, 1.54) is 0 Å². The highest BCUT2D eigenvalue weighted by molar-refractivity contribution is 5.16. The van der Waals surface area contributed by atoms with Crippen LogP contribution in [0.25, 0.3) is 0 Å². The van der Waals surface area contributed by atoms with Crippen molar-refractivity contribution in [2.45, 2.75) is 232 Å². The second kappa shape index (κ2) is 22.1. The molecule has 14 N–H and O–H groups in total. The first-order valence-corrected chi connectivity index (χ1v) is 27.4. The highest BCUT2D eigenvalue weighted by Crippen LogP contribution is 2.71. The molecule has 10 aliphatic rings. The Morgan fingerprint density at radius 2 is 1.04 bits per heavy atom. The molecule has 0 radical (unpaired) electrons. The molecular weight excluding hydrogens is 997 g/mol. The highest BCUT2D eigenvalue weighted by atomic mass is 16.8. The fraction of sp³-hybridized carbons (Fsp3) is 1.00. The van der Waals surface area contributed by atoms with Gasteiger partial charge in [0.1, 0.15) is 97.7 Å². The summed E-state index contributed by atoms with van der Waals surface area (Å²) in [6.07, 6.45) is -30.3. The van der Waals surface area contributed by atoms with Gasteiger partial charge in [0.05, 0.1) is 51.3 Å². The third kappa shape index (κ3) is 9.79. The molecule has 10 rings (SSSR count). The van der Waals surface area contributed by atoms with E-state index in [1.807, 2.05) is 0 Å². The fourth-order valence-electron chi connectivity index (χ4n) is 16.2. The zero-order chi connectivity index (χ0) is 53.8. The lowest BCUT2D eigenvalue weighted by atomic mass is 9.44.